The van der Waals surface area contributed by atoms with Crippen LogP contribution in [0.15, 0.2) is 48.8 Å². The summed E-state index contributed by atoms with van der Waals surface area (Å²) in [5.74, 6) is -5.23. The fourth-order valence-corrected chi connectivity index (χ4v) is 6.36. The molecule has 2 heterocycles. The molecule has 3 rings (SSSR count). The lowest BCUT2D eigenvalue weighted by atomic mass is 10.0. The molecule has 0 aliphatic heterocycles. The molecule has 15 nitrogen and oxygen atoms in total. The Kier molecular flexibility index (Phi) is 13.2. The second-order valence-corrected chi connectivity index (χ2v) is 12.2. The molecule has 0 aliphatic rings. The van der Waals surface area contributed by atoms with E-state index in [1.54, 1.807) is 18.2 Å². The van der Waals surface area contributed by atoms with Crippen LogP contribution in [0.4, 0.5) is 10.2 Å². The number of benzene rings is 1. The number of hydrogen-bond acceptors (Lipinski definition) is 13. The molecule has 0 saturated heterocycles. The number of nitrogens with two attached hydrogens (primary N) is 1. The largest absolute Gasteiger partial charge is 0.464 e. The molecule has 3 N–H and O–H groups in total. The quantitative estimate of drug-likeness (QED) is 0.0835. The van der Waals surface area contributed by atoms with E-state index in [2.05, 4.69) is 15.2 Å². The van der Waals surface area contributed by atoms with Gasteiger partial charge in [0.25, 0.3) is 0 Å². The maximum absolute atomic E-state index is 15.5. The smallest absolute Gasteiger partial charge is 0.462 e. The second-order valence-electron chi connectivity index (χ2n) is 10.6. The molecule has 0 amide bonds. The summed E-state index contributed by atoms with van der Waals surface area (Å²) in [5.41, 5.74) is 6.30. The average molecular weight is 682 g/mol. The first-order valence-corrected chi connectivity index (χ1v) is 16.4. The molecule has 2 aromatic heterocycles. The Labute approximate surface area is 271 Å². The number of anilines is 1. The Bertz CT molecular complexity index is 1550. The van der Waals surface area contributed by atoms with Gasteiger partial charge >= 0.3 is 25.7 Å². The second kappa shape index (κ2) is 16.6. The van der Waals surface area contributed by atoms with Gasteiger partial charge in [0.05, 0.1) is 12.3 Å². The number of carbonyl (C=O) groups is 3. The summed E-state index contributed by atoms with van der Waals surface area (Å²) >= 11 is 0. The van der Waals surface area contributed by atoms with Crippen molar-refractivity contribution in [2.24, 2.45) is 5.92 Å². The van der Waals surface area contributed by atoms with Crippen molar-refractivity contribution in [3.63, 3.8) is 0 Å². The number of para-hydroxylation sites is 1. The molecule has 1 aromatic carbocycles. The number of hydrogen-bond donors (Lipinski definition) is 2. The third kappa shape index (κ3) is 9.47. The van der Waals surface area contributed by atoms with Crippen LogP contribution in [0, 0.1) is 5.92 Å². The number of alkyl halides is 1. The molecule has 3 aromatic rings. The van der Waals surface area contributed by atoms with Crippen molar-refractivity contribution >= 4 is 37.0 Å². The molecule has 0 fully saturated rings. The molecule has 1 unspecified atom stereocenters. The van der Waals surface area contributed by atoms with Gasteiger partial charge in [0.1, 0.15) is 30.3 Å². The van der Waals surface area contributed by atoms with Crippen molar-refractivity contribution in [3.05, 3.63) is 54.5 Å². The number of halogens is 1. The van der Waals surface area contributed by atoms with E-state index in [1.807, 2.05) is 13.8 Å². The normalized spacial score (nSPS) is 16.0. The van der Waals surface area contributed by atoms with Crippen LogP contribution < -0.4 is 15.3 Å². The van der Waals surface area contributed by atoms with E-state index < -0.39 is 56.4 Å². The van der Waals surface area contributed by atoms with Crippen LogP contribution in [0.5, 0.6) is 5.75 Å². The highest BCUT2D eigenvalue weighted by Crippen LogP contribution is 2.51. The Morgan fingerprint density at radius 1 is 1.06 bits per heavy atom. The SMILES string of the molecule is CCC(CC)COC(=O)[C@H](C)NP(=O)(Oc1ccccc1)O[C@@](CF)(OC)[C@@H](OC(C)=O)[C@@H](OC(C)=O)c1ccc2c(N)ncnn12. The first kappa shape index (κ1) is 37.3. The zero-order valence-corrected chi connectivity index (χ0v) is 28.0. The molecular formula is C30H41FN5O10P. The highest BCUT2D eigenvalue weighted by Gasteiger charge is 2.56. The number of esters is 3. The van der Waals surface area contributed by atoms with Crippen molar-refractivity contribution < 1.29 is 51.3 Å². The summed E-state index contributed by atoms with van der Waals surface area (Å²) < 4.78 is 64.8. The Morgan fingerprint density at radius 3 is 2.30 bits per heavy atom. The highest BCUT2D eigenvalue weighted by atomic mass is 31.2. The van der Waals surface area contributed by atoms with Gasteiger partial charge in [-0.05, 0) is 37.1 Å². The van der Waals surface area contributed by atoms with Gasteiger partial charge < -0.3 is 29.2 Å². The van der Waals surface area contributed by atoms with Crippen LogP contribution in [-0.2, 0) is 42.4 Å². The lowest BCUT2D eigenvalue weighted by molar-refractivity contribution is -0.266. The van der Waals surface area contributed by atoms with Crippen LogP contribution >= 0.6 is 7.75 Å². The van der Waals surface area contributed by atoms with Gasteiger partial charge in [-0.2, -0.15) is 10.2 Å². The summed E-state index contributed by atoms with van der Waals surface area (Å²) in [5, 5.41) is 6.62. The van der Waals surface area contributed by atoms with Crippen LogP contribution in [0.2, 0.25) is 0 Å². The van der Waals surface area contributed by atoms with E-state index in [4.69, 9.17) is 33.7 Å². The van der Waals surface area contributed by atoms with Gasteiger partial charge in [0, 0.05) is 21.0 Å². The van der Waals surface area contributed by atoms with E-state index in [0.29, 0.717) is 0 Å². The number of methoxy groups -OCH3 is 1. The molecular weight excluding hydrogens is 640 g/mol. The molecule has 0 spiro atoms. The summed E-state index contributed by atoms with van der Waals surface area (Å²) in [6.07, 6.45) is -1.000. The average Bonchev–Trinajstić information content (AvgIpc) is 3.47. The minimum atomic E-state index is -4.87. The number of ether oxygens (including phenoxy) is 4. The Balaban J connectivity index is 2.12. The van der Waals surface area contributed by atoms with E-state index in [-0.39, 0.29) is 35.3 Å². The van der Waals surface area contributed by atoms with Crippen molar-refractivity contribution in [3.8, 4) is 5.75 Å². The van der Waals surface area contributed by atoms with Crippen LogP contribution in [-0.4, -0.2) is 70.8 Å². The van der Waals surface area contributed by atoms with Crippen LogP contribution in [0.3, 0.4) is 0 Å². The van der Waals surface area contributed by atoms with E-state index >= 15 is 4.39 Å². The van der Waals surface area contributed by atoms with Gasteiger partial charge in [-0.15, -0.1) is 0 Å². The van der Waals surface area contributed by atoms with Gasteiger partial charge in [0.15, 0.2) is 11.9 Å². The van der Waals surface area contributed by atoms with E-state index in [9.17, 15) is 18.9 Å². The summed E-state index contributed by atoms with van der Waals surface area (Å²) in [6.45, 7) is 5.85. The van der Waals surface area contributed by atoms with Gasteiger partial charge in [0.2, 0.25) is 11.9 Å². The molecule has 258 valence electrons. The zero-order chi connectivity index (χ0) is 34.8. The lowest BCUT2D eigenvalue weighted by Gasteiger charge is -2.40. The number of aromatic nitrogens is 3. The number of nitrogens with zero attached hydrogens (tertiary/aromatic N) is 3. The first-order chi connectivity index (χ1) is 22.3. The maximum atomic E-state index is 15.5. The number of carbonyl (C=O) groups excluding carboxylic acids is 3. The minimum Gasteiger partial charge on any atom is -0.464 e. The van der Waals surface area contributed by atoms with Gasteiger partial charge in [-0.25, -0.2) is 23.0 Å². The Hall–Kier alpha value is -4.11. The number of rotatable bonds is 18. The molecule has 17 heteroatoms. The fourth-order valence-electron chi connectivity index (χ4n) is 4.60. The standard InChI is InChI=1S/C30H41FN5O10P/c1-7-22(8-2)16-42-29(39)19(3)35-47(40,45-23-12-10-9-11-13-23)46-30(17-31,41-6)27(44-21(5)38)26(43-20(4)37)24-14-15-25-28(32)33-18-34-36(24)25/h9-15,18-19,22,26-27H,7-8,16-17H2,1-6H3,(H,35,40)(H2,32,33,34)/t19-,26-,27-,30+,47?/m0/s1. The number of nitrogen functional groups attached to an aromatic ring is 1. The van der Waals surface area contributed by atoms with E-state index in [0.717, 1.165) is 40.1 Å². The van der Waals surface area contributed by atoms with Crippen molar-refractivity contribution in [2.75, 3.05) is 26.1 Å². The monoisotopic (exact) mass is 681 g/mol. The fraction of sp³-hybridized carbons (Fsp3) is 0.500. The number of nitrogens with one attached hydrogen (secondary N) is 1. The van der Waals surface area contributed by atoms with Crippen molar-refractivity contribution in [1.29, 1.82) is 0 Å². The van der Waals surface area contributed by atoms with Gasteiger partial charge in [-0.1, -0.05) is 44.9 Å². The topological polar surface area (TPSA) is 192 Å². The Morgan fingerprint density at radius 2 is 1.72 bits per heavy atom. The van der Waals surface area contributed by atoms with E-state index in [1.165, 1.54) is 35.7 Å². The molecule has 0 saturated carbocycles. The highest BCUT2D eigenvalue weighted by molar-refractivity contribution is 7.52. The number of fused-ring (bicyclic) bond motifs is 1. The molecule has 47 heavy (non-hydrogen) atoms. The summed E-state index contributed by atoms with van der Waals surface area (Å²) in [7, 11) is -3.87. The lowest BCUT2D eigenvalue weighted by Crippen LogP contribution is -2.55. The first-order valence-electron chi connectivity index (χ1n) is 14.8. The van der Waals surface area contributed by atoms with Crippen LogP contribution in [0.1, 0.15) is 59.3 Å². The third-order valence-corrected chi connectivity index (χ3v) is 8.90. The third-order valence-electron chi connectivity index (χ3n) is 7.19. The zero-order valence-electron chi connectivity index (χ0n) is 27.1. The molecule has 0 aliphatic carbocycles. The maximum Gasteiger partial charge on any atom is 0.462 e. The molecule has 0 bridgehead atoms. The minimum absolute atomic E-state index is 0.00937. The predicted octanol–water partition coefficient (Wildman–Crippen LogP) is 4.32. The van der Waals surface area contributed by atoms with Crippen molar-refractivity contribution in [2.45, 2.75) is 71.5 Å². The van der Waals surface area contributed by atoms with Crippen LogP contribution in [0.25, 0.3) is 5.52 Å². The predicted molar refractivity (Wildman–Crippen MR) is 167 cm³/mol. The summed E-state index contributed by atoms with van der Waals surface area (Å²) in [4.78, 5) is 41.8. The molecule has 5 atom stereocenters. The summed E-state index contributed by atoms with van der Waals surface area (Å²) in [6, 6.07) is 9.34. The van der Waals surface area contributed by atoms with Gasteiger partial charge in [-0.3, -0.25) is 14.4 Å². The molecule has 0 radical (unpaired) electrons. The van der Waals surface area contributed by atoms with Crippen molar-refractivity contribution in [1.82, 2.24) is 19.7 Å².